The number of anilines is 1. The van der Waals surface area contributed by atoms with Crippen LogP contribution in [0.15, 0.2) is 54.7 Å². The number of nitrogens with zero attached hydrogens (tertiary/aromatic N) is 4. The first-order chi connectivity index (χ1) is 16.4. The van der Waals surface area contributed by atoms with Gasteiger partial charge in [0.1, 0.15) is 0 Å². The number of aromatic nitrogens is 1. The molecule has 0 unspecified atom stereocenters. The number of rotatable bonds is 5. The number of hydrogen-bond donors (Lipinski definition) is 1. The lowest BCUT2D eigenvalue weighted by atomic mass is 9.79. The molecule has 34 heavy (non-hydrogen) atoms. The molecule has 2 N–H and O–H groups in total. The van der Waals surface area contributed by atoms with E-state index in [9.17, 15) is 4.79 Å². The SMILES string of the molecule is CN1CCN(Cc2ccc(-c3ccnc4ccc(N5CCC(C)(C(N)=O)CC5)cc34)cc2)CC1. The highest BCUT2D eigenvalue weighted by atomic mass is 16.1. The maximum atomic E-state index is 11.8. The molecule has 178 valence electrons. The van der Waals surface area contributed by atoms with Gasteiger partial charge in [0.2, 0.25) is 5.91 Å². The second kappa shape index (κ2) is 9.35. The molecule has 5 rings (SSSR count). The highest BCUT2D eigenvalue weighted by Crippen LogP contribution is 2.35. The molecule has 0 atom stereocenters. The minimum Gasteiger partial charge on any atom is -0.371 e. The molecule has 2 aliphatic rings. The Kier molecular flexibility index (Phi) is 6.28. The van der Waals surface area contributed by atoms with Crippen LogP contribution in [0.25, 0.3) is 22.0 Å². The number of carbonyl (C=O) groups excluding carboxylic acids is 1. The first-order valence-corrected chi connectivity index (χ1v) is 12.4. The van der Waals surface area contributed by atoms with E-state index in [1.165, 1.54) is 22.4 Å². The van der Waals surface area contributed by atoms with Gasteiger partial charge in [-0.3, -0.25) is 14.7 Å². The Morgan fingerprint density at radius 1 is 0.971 bits per heavy atom. The van der Waals surface area contributed by atoms with Crippen molar-refractivity contribution in [1.82, 2.24) is 14.8 Å². The quantitative estimate of drug-likeness (QED) is 0.632. The van der Waals surface area contributed by atoms with Gasteiger partial charge in [-0.25, -0.2) is 0 Å². The van der Waals surface area contributed by atoms with Crippen LogP contribution in [0.4, 0.5) is 5.69 Å². The molecule has 0 aliphatic carbocycles. The van der Waals surface area contributed by atoms with Gasteiger partial charge >= 0.3 is 0 Å². The van der Waals surface area contributed by atoms with Crippen LogP contribution in [0, 0.1) is 5.41 Å². The lowest BCUT2D eigenvalue weighted by molar-refractivity contribution is -0.127. The summed E-state index contributed by atoms with van der Waals surface area (Å²) < 4.78 is 0. The number of piperazine rings is 1. The van der Waals surface area contributed by atoms with Crippen molar-refractivity contribution < 1.29 is 4.79 Å². The average molecular weight is 458 g/mol. The van der Waals surface area contributed by atoms with E-state index in [-0.39, 0.29) is 5.91 Å². The normalized spacial score (nSPS) is 19.4. The maximum absolute atomic E-state index is 11.8. The summed E-state index contributed by atoms with van der Waals surface area (Å²) in [7, 11) is 2.19. The van der Waals surface area contributed by atoms with Gasteiger partial charge in [-0.15, -0.1) is 0 Å². The lowest BCUT2D eigenvalue weighted by Gasteiger charge is -2.38. The zero-order valence-corrected chi connectivity index (χ0v) is 20.3. The van der Waals surface area contributed by atoms with Gasteiger partial charge in [0.05, 0.1) is 5.52 Å². The molecule has 0 radical (unpaired) electrons. The van der Waals surface area contributed by atoms with Crippen LogP contribution < -0.4 is 10.6 Å². The molecule has 0 saturated carbocycles. The van der Waals surface area contributed by atoms with E-state index in [0.29, 0.717) is 0 Å². The number of nitrogens with two attached hydrogens (primary N) is 1. The molecule has 0 bridgehead atoms. The molecular formula is C28H35N5O. The number of likely N-dealkylation sites (N-methyl/N-ethyl adjacent to an activating group) is 1. The third kappa shape index (κ3) is 4.65. The summed E-state index contributed by atoms with van der Waals surface area (Å²) in [4.78, 5) is 23.7. The van der Waals surface area contributed by atoms with Crippen LogP contribution in [0.5, 0.6) is 0 Å². The number of pyridine rings is 1. The van der Waals surface area contributed by atoms with Gasteiger partial charge < -0.3 is 15.5 Å². The van der Waals surface area contributed by atoms with Crippen LogP contribution in [0.3, 0.4) is 0 Å². The molecule has 6 nitrogen and oxygen atoms in total. The van der Waals surface area contributed by atoms with Gasteiger partial charge in [-0.2, -0.15) is 0 Å². The Bertz CT molecular complexity index is 1160. The first kappa shape index (κ1) is 22.8. The summed E-state index contributed by atoms with van der Waals surface area (Å²) in [6.07, 6.45) is 3.47. The number of benzene rings is 2. The Morgan fingerprint density at radius 3 is 2.35 bits per heavy atom. The van der Waals surface area contributed by atoms with E-state index in [2.05, 4.69) is 75.3 Å². The lowest BCUT2D eigenvalue weighted by Crippen LogP contribution is -2.45. The van der Waals surface area contributed by atoms with Gasteiger partial charge in [-0.1, -0.05) is 31.2 Å². The monoisotopic (exact) mass is 457 g/mol. The molecule has 6 heteroatoms. The number of fused-ring (bicyclic) bond motifs is 1. The van der Waals surface area contributed by atoms with Crippen LogP contribution in [0.1, 0.15) is 25.3 Å². The molecule has 2 aliphatic heterocycles. The summed E-state index contributed by atoms with van der Waals surface area (Å²) >= 11 is 0. The van der Waals surface area contributed by atoms with Crippen molar-refractivity contribution in [2.45, 2.75) is 26.3 Å². The number of hydrogen-bond acceptors (Lipinski definition) is 5. The van der Waals surface area contributed by atoms with Crippen molar-refractivity contribution in [2.24, 2.45) is 11.1 Å². The summed E-state index contributed by atoms with van der Waals surface area (Å²) in [5.74, 6) is -0.187. The van der Waals surface area contributed by atoms with E-state index in [1.54, 1.807) is 0 Å². The third-order valence-electron chi connectivity index (χ3n) is 7.82. The van der Waals surface area contributed by atoms with Crippen molar-refractivity contribution in [3.63, 3.8) is 0 Å². The van der Waals surface area contributed by atoms with Crippen LogP contribution in [0.2, 0.25) is 0 Å². The van der Waals surface area contributed by atoms with Gasteiger partial charge in [0.25, 0.3) is 0 Å². The maximum Gasteiger partial charge on any atom is 0.223 e. The van der Waals surface area contributed by atoms with Gasteiger partial charge in [0.15, 0.2) is 0 Å². The number of carbonyl (C=O) groups is 1. The number of piperidine rings is 1. The van der Waals surface area contributed by atoms with Crippen LogP contribution in [-0.2, 0) is 11.3 Å². The largest absolute Gasteiger partial charge is 0.371 e. The molecule has 2 aromatic carbocycles. The molecule has 1 amide bonds. The Morgan fingerprint density at radius 2 is 1.68 bits per heavy atom. The second-order valence-electron chi connectivity index (χ2n) is 10.2. The third-order valence-corrected chi connectivity index (χ3v) is 7.82. The molecule has 1 aromatic heterocycles. The van der Waals surface area contributed by atoms with E-state index in [1.807, 2.05) is 13.1 Å². The molecule has 3 heterocycles. The van der Waals surface area contributed by atoms with E-state index < -0.39 is 5.41 Å². The molecule has 0 spiro atoms. The predicted molar refractivity (Wildman–Crippen MR) is 139 cm³/mol. The van der Waals surface area contributed by atoms with E-state index in [0.717, 1.165) is 69.6 Å². The summed E-state index contributed by atoms with van der Waals surface area (Å²) in [6.45, 7) is 9.21. The van der Waals surface area contributed by atoms with Crippen molar-refractivity contribution in [3.05, 3.63) is 60.3 Å². The minimum atomic E-state index is -0.397. The first-order valence-electron chi connectivity index (χ1n) is 12.4. The van der Waals surface area contributed by atoms with E-state index in [4.69, 9.17) is 5.73 Å². The van der Waals surface area contributed by atoms with Crippen molar-refractivity contribution >= 4 is 22.5 Å². The van der Waals surface area contributed by atoms with Gasteiger partial charge in [0, 0.05) is 68.5 Å². The fourth-order valence-electron chi connectivity index (χ4n) is 5.14. The van der Waals surface area contributed by atoms with Crippen LogP contribution in [-0.4, -0.2) is 67.0 Å². The summed E-state index contributed by atoms with van der Waals surface area (Å²) in [5, 5.41) is 1.16. The zero-order valence-electron chi connectivity index (χ0n) is 20.3. The fraction of sp³-hybridized carbons (Fsp3) is 0.429. The highest BCUT2D eigenvalue weighted by molar-refractivity contribution is 5.96. The van der Waals surface area contributed by atoms with Crippen molar-refractivity contribution in [3.8, 4) is 11.1 Å². The number of amides is 1. The summed E-state index contributed by atoms with van der Waals surface area (Å²) in [5.41, 5.74) is 11.2. The zero-order chi connectivity index (χ0) is 23.7. The van der Waals surface area contributed by atoms with Crippen molar-refractivity contribution in [2.75, 3.05) is 51.2 Å². The fourth-order valence-corrected chi connectivity index (χ4v) is 5.14. The predicted octanol–water partition coefficient (Wildman–Crippen LogP) is 3.74. The highest BCUT2D eigenvalue weighted by Gasteiger charge is 2.35. The summed E-state index contributed by atoms with van der Waals surface area (Å²) in [6, 6.07) is 17.6. The smallest absolute Gasteiger partial charge is 0.223 e. The van der Waals surface area contributed by atoms with Crippen LogP contribution >= 0.6 is 0 Å². The molecule has 3 aromatic rings. The molecular weight excluding hydrogens is 422 g/mol. The standard InChI is InChI=1S/C28H35N5O/c1-28(27(29)34)10-13-33(14-11-28)23-7-8-26-25(19-23)24(9-12-30-26)22-5-3-21(4-6-22)20-32-17-15-31(2)16-18-32/h3-9,12,19H,10-11,13-18,20H2,1-2H3,(H2,29,34). The Labute approximate surface area is 202 Å². The van der Waals surface area contributed by atoms with E-state index >= 15 is 0 Å². The van der Waals surface area contributed by atoms with Crippen molar-refractivity contribution in [1.29, 1.82) is 0 Å². The minimum absolute atomic E-state index is 0.187. The Hall–Kier alpha value is -2.96. The Balaban J connectivity index is 1.36. The molecule has 2 saturated heterocycles. The second-order valence-corrected chi connectivity index (χ2v) is 10.2. The average Bonchev–Trinajstić information content (AvgIpc) is 2.86. The van der Waals surface area contributed by atoms with Gasteiger partial charge in [-0.05, 0) is 60.8 Å². The molecule has 2 fully saturated rings. The topological polar surface area (TPSA) is 65.7 Å². The number of primary amides is 1.